The Morgan fingerprint density at radius 1 is 1.06 bits per heavy atom. The van der Waals surface area contributed by atoms with E-state index in [0.29, 0.717) is 5.75 Å². The number of hydrogen-bond donors (Lipinski definition) is 1. The summed E-state index contributed by atoms with van der Waals surface area (Å²) >= 11 is 0. The molecule has 3 rings (SSSR count). The molecule has 184 valence electrons. The number of anilines is 1. The second-order valence-electron chi connectivity index (χ2n) is 8.61. The van der Waals surface area contributed by atoms with Gasteiger partial charge in [-0.15, -0.1) is 0 Å². The zero-order valence-electron chi connectivity index (χ0n) is 19.9. The van der Waals surface area contributed by atoms with Gasteiger partial charge < -0.3 is 15.0 Å². The summed E-state index contributed by atoms with van der Waals surface area (Å²) in [5.74, 6) is -0.379. The van der Waals surface area contributed by atoms with Crippen LogP contribution in [0.15, 0.2) is 54.6 Å². The molecule has 0 aliphatic heterocycles. The van der Waals surface area contributed by atoms with Crippen molar-refractivity contribution in [1.82, 2.24) is 10.2 Å². The summed E-state index contributed by atoms with van der Waals surface area (Å²) in [5, 5.41) is 3.05. The molecule has 0 heterocycles. The molecule has 0 saturated heterocycles. The number of hydrogen-bond acceptors (Lipinski definition) is 5. The van der Waals surface area contributed by atoms with Crippen LogP contribution in [0.25, 0.3) is 0 Å². The highest BCUT2D eigenvalue weighted by atomic mass is 32.2. The van der Waals surface area contributed by atoms with Gasteiger partial charge in [0.05, 0.1) is 19.1 Å². The number of carbonyl (C=O) groups excluding carboxylic acids is 2. The standard InChI is InChI=1S/C25H33N3O5S/c1-19(25(30)26-21-13-7-8-14-21)27(17-20-11-5-4-6-12-20)24(29)18-28(34(3,31)32)22-15-9-10-16-23(22)33-2/h4-6,9-12,15-16,19,21H,7-8,13-14,17-18H2,1-3H3,(H,26,30)/t19-/m0/s1. The Labute approximate surface area is 201 Å². The summed E-state index contributed by atoms with van der Waals surface area (Å²) in [6.07, 6.45) is 5.06. The second kappa shape index (κ2) is 11.4. The minimum atomic E-state index is -3.81. The van der Waals surface area contributed by atoms with Crippen LogP contribution in [0.5, 0.6) is 5.75 Å². The molecule has 1 atom stereocenters. The van der Waals surface area contributed by atoms with E-state index in [0.717, 1.165) is 41.8 Å². The Morgan fingerprint density at radius 3 is 2.29 bits per heavy atom. The van der Waals surface area contributed by atoms with Crippen LogP contribution in [-0.4, -0.2) is 57.1 Å². The van der Waals surface area contributed by atoms with Crippen LogP contribution < -0.4 is 14.4 Å². The fraction of sp³-hybridized carbons (Fsp3) is 0.440. The second-order valence-corrected chi connectivity index (χ2v) is 10.5. The molecule has 34 heavy (non-hydrogen) atoms. The third-order valence-electron chi connectivity index (χ3n) is 6.10. The lowest BCUT2D eigenvalue weighted by Gasteiger charge is -2.32. The lowest BCUT2D eigenvalue weighted by Crippen LogP contribution is -2.52. The zero-order valence-corrected chi connectivity index (χ0v) is 20.8. The fourth-order valence-corrected chi connectivity index (χ4v) is 5.04. The number of methoxy groups -OCH3 is 1. The van der Waals surface area contributed by atoms with Crippen molar-refractivity contribution in [3.05, 3.63) is 60.2 Å². The van der Waals surface area contributed by atoms with Crippen LogP contribution in [0.2, 0.25) is 0 Å². The molecule has 0 aromatic heterocycles. The number of nitrogens with zero attached hydrogens (tertiary/aromatic N) is 2. The van der Waals surface area contributed by atoms with Crippen LogP contribution in [0.3, 0.4) is 0 Å². The number of amides is 2. The Kier molecular flexibility index (Phi) is 8.55. The van der Waals surface area contributed by atoms with Gasteiger partial charge in [0.15, 0.2) is 0 Å². The topological polar surface area (TPSA) is 96.0 Å². The van der Waals surface area contributed by atoms with Crippen molar-refractivity contribution in [3.63, 3.8) is 0 Å². The SMILES string of the molecule is COc1ccccc1N(CC(=O)N(Cc1ccccc1)[C@@H](C)C(=O)NC1CCCC1)S(C)(=O)=O. The average molecular weight is 488 g/mol. The maximum absolute atomic E-state index is 13.6. The molecule has 1 saturated carbocycles. The molecule has 1 aliphatic rings. The predicted octanol–water partition coefficient (Wildman–Crippen LogP) is 2.94. The first kappa shape index (κ1) is 25.6. The lowest BCUT2D eigenvalue weighted by atomic mass is 10.1. The van der Waals surface area contributed by atoms with Gasteiger partial charge in [0.2, 0.25) is 21.8 Å². The molecule has 0 unspecified atom stereocenters. The normalized spacial score (nSPS) is 14.9. The summed E-state index contributed by atoms with van der Waals surface area (Å²) in [6, 6.07) is 15.3. The summed E-state index contributed by atoms with van der Waals surface area (Å²) in [7, 11) is -2.37. The number of rotatable bonds is 10. The summed E-state index contributed by atoms with van der Waals surface area (Å²) in [4.78, 5) is 28.0. The van der Waals surface area contributed by atoms with Gasteiger partial charge >= 0.3 is 0 Å². The van der Waals surface area contributed by atoms with Gasteiger partial charge in [0.25, 0.3) is 0 Å². The maximum Gasteiger partial charge on any atom is 0.244 e. The first-order valence-corrected chi connectivity index (χ1v) is 13.3. The van der Waals surface area contributed by atoms with Gasteiger partial charge in [0.1, 0.15) is 18.3 Å². The molecule has 0 radical (unpaired) electrons. The Morgan fingerprint density at radius 2 is 1.68 bits per heavy atom. The van der Waals surface area contributed by atoms with Crippen molar-refractivity contribution in [2.24, 2.45) is 0 Å². The molecule has 0 bridgehead atoms. The molecule has 1 N–H and O–H groups in total. The predicted molar refractivity (Wildman–Crippen MR) is 132 cm³/mol. The van der Waals surface area contributed by atoms with E-state index in [1.165, 1.54) is 12.0 Å². The number of benzene rings is 2. The van der Waals surface area contributed by atoms with Gasteiger partial charge in [0, 0.05) is 12.6 Å². The van der Waals surface area contributed by atoms with Crippen LogP contribution in [0.1, 0.15) is 38.2 Å². The van der Waals surface area contributed by atoms with Crippen molar-refractivity contribution >= 4 is 27.5 Å². The number of para-hydroxylation sites is 2. The Balaban J connectivity index is 1.88. The molecule has 2 aromatic rings. The summed E-state index contributed by atoms with van der Waals surface area (Å²) < 4.78 is 31.7. The molecule has 0 spiro atoms. The molecule has 2 amide bonds. The highest BCUT2D eigenvalue weighted by Crippen LogP contribution is 2.29. The van der Waals surface area contributed by atoms with E-state index in [2.05, 4.69) is 5.32 Å². The first-order valence-electron chi connectivity index (χ1n) is 11.4. The molecular formula is C25H33N3O5S. The van der Waals surface area contributed by atoms with E-state index < -0.39 is 28.5 Å². The molecule has 8 nitrogen and oxygen atoms in total. The number of ether oxygens (including phenoxy) is 1. The van der Waals surface area contributed by atoms with E-state index in [1.807, 2.05) is 30.3 Å². The van der Waals surface area contributed by atoms with Crippen molar-refractivity contribution in [1.29, 1.82) is 0 Å². The third kappa shape index (κ3) is 6.50. The summed E-state index contributed by atoms with van der Waals surface area (Å²) in [5.41, 5.74) is 1.11. The zero-order chi connectivity index (χ0) is 24.7. The molecular weight excluding hydrogens is 454 g/mol. The number of sulfonamides is 1. The largest absolute Gasteiger partial charge is 0.495 e. The third-order valence-corrected chi connectivity index (χ3v) is 7.22. The highest BCUT2D eigenvalue weighted by Gasteiger charge is 2.32. The van der Waals surface area contributed by atoms with E-state index in [9.17, 15) is 18.0 Å². The number of carbonyl (C=O) groups is 2. The minimum Gasteiger partial charge on any atom is -0.495 e. The number of nitrogens with one attached hydrogen (secondary N) is 1. The lowest BCUT2D eigenvalue weighted by molar-refractivity contribution is -0.139. The average Bonchev–Trinajstić information content (AvgIpc) is 3.33. The molecule has 1 fully saturated rings. The van der Waals surface area contributed by atoms with Crippen molar-refractivity contribution in [2.75, 3.05) is 24.2 Å². The Hall–Kier alpha value is -3.07. The van der Waals surface area contributed by atoms with E-state index in [-0.39, 0.29) is 24.2 Å². The quantitative estimate of drug-likeness (QED) is 0.556. The summed E-state index contributed by atoms with van der Waals surface area (Å²) in [6.45, 7) is 1.41. The van der Waals surface area contributed by atoms with Crippen molar-refractivity contribution in [2.45, 2.75) is 51.2 Å². The fourth-order valence-electron chi connectivity index (χ4n) is 4.19. The van der Waals surface area contributed by atoms with Gasteiger partial charge in [-0.05, 0) is 37.5 Å². The van der Waals surface area contributed by atoms with Gasteiger partial charge in [-0.3, -0.25) is 13.9 Å². The smallest absolute Gasteiger partial charge is 0.244 e. The van der Waals surface area contributed by atoms with Crippen molar-refractivity contribution < 1.29 is 22.7 Å². The van der Waals surface area contributed by atoms with Gasteiger partial charge in [-0.2, -0.15) is 0 Å². The van der Waals surface area contributed by atoms with Crippen LogP contribution >= 0.6 is 0 Å². The van der Waals surface area contributed by atoms with Crippen LogP contribution in [0, 0.1) is 0 Å². The molecule has 9 heteroatoms. The first-order chi connectivity index (χ1) is 16.2. The van der Waals surface area contributed by atoms with Crippen molar-refractivity contribution in [3.8, 4) is 5.75 Å². The van der Waals surface area contributed by atoms with Crippen LogP contribution in [-0.2, 0) is 26.2 Å². The van der Waals surface area contributed by atoms with E-state index >= 15 is 0 Å². The maximum atomic E-state index is 13.6. The van der Waals surface area contributed by atoms with Gasteiger partial charge in [-0.25, -0.2) is 8.42 Å². The monoisotopic (exact) mass is 487 g/mol. The Bertz CT molecular complexity index is 1080. The molecule has 2 aromatic carbocycles. The highest BCUT2D eigenvalue weighted by molar-refractivity contribution is 7.92. The van der Waals surface area contributed by atoms with Crippen LogP contribution in [0.4, 0.5) is 5.69 Å². The van der Waals surface area contributed by atoms with E-state index in [4.69, 9.17) is 4.74 Å². The molecule has 1 aliphatic carbocycles. The minimum absolute atomic E-state index is 0.115. The van der Waals surface area contributed by atoms with Gasteiger partial charge in [-0.1, -0.05) is 55.3 Å². The van der Waals surface area contributed by atoms with E-state index in [1.54, 1.807) is 31.2 Å².